The molecule has 0 unspecified atom stereocenters. The molecule has 0 saturated carbocycles. The van der Waals surface area contributed by atoms with E-state index in [-0.39, 0.29) is 27.7 Å². The van der Waals surface area contributed by atoms with Crippen molar-refractivity contribution >= 4 is 23.3 Å². The first-order chi connectivity index (χ1) is 14.2. The van der Waals surface area contributed by atoms with Crippen LogP contribution in [0.2, 0.25) is 5.02 Å². The lowest BCUT2D eigenvalue weighted by Gasteiger charge is -2.41. The molecular weight excluding hydrogens is 407 g/mol. The van der Waals surface area contributed by atoms with E-state index in [4.69, 9.17) is 16.3 Å². The highest BCUT2D eigenvalue weighted by Gasteiger charge is 2.45. The molecule has 1 aromatic rings. The number of nitrogens with zero attached hydrogens (tertiary/aromatic N) is 1. The molecule has 0 radical (unpaired) electrons. The number of halogens is 2. The number of carbonyl (C=O) groups is 2. The van der Waals surface area contributed by atoms with E-state index in [2.05, 4.69) is 5.32 Å². The van der Waals surface area contributed by atoms with E-state index in [1.807, 2.05) is 20.8 Å². The van der Waals surface area contributed by atoms with Crippen LogP contribution in [0.1, 0.15) is 45.1 Å². The Hall–Kier alpha value is -2.18. The van der Waals surface area contributed by atoms with Crippen molar-refractivity contribution in [1.29, 1.82) is 0 Å². The molecule has 2 aliphatic heterocycles. The molecular formula is C23H26ClFN2O3. The smallest absolute Gasteiger partial charge is 0.252 e. The summed E-state index contributed by atoms with van der Waals surface area (Å²) in [5.41, 5.74) is 2.23. The summed E-state index contributed by atoms with van der Waals surface area (Å²) in [7, 11) is 0. The van der Waals surface area contributed by atoms with E-state index >= 15 is 4.39 Å². The maximum Gasteiger partial charge on any atom is 0.252 e. The molecule has 3 aliphatic rings. The molecule has 1 atom stereocenters. The van der Waals surface area contributed by atoms with Crippen LogP contribution in [0.25, 0.3) is 0 Å². The molecule has 4 rings (SSSR count). The second kappa shape index (κ2) is 7.82. The second-order valence-electron chi connectivity index (χ2n) is 8.97. The summed E-state index contributed by atoms with van der Waals surface area (Å²) < 4.78 is 20.4. The monoisotopic (exact) mass is 432 g/mol. The number of amides is 1. The topological polar surface area (TPSA) is 58.6 Å². The van der Waals surface area contributed by atoms with Gasteiger partial charge < -0.3 is 15.0 Å². The molecule has 0 aromatic heterocycles. The molecule has 1 fully saturated rings. The fourth-order valence-electron chi connectivity index (χ4n) is 4.73. The zero-order valence-electron chi connectivity index (χ0n) is 17.5. The van der Waals surface area contributed by atoms with Gasteiger partial charge in [-0.25, -0.2) is 4.39 Å². The number of Topliss-reactive ketones (excluding diaryl/α,β-unsaturated/α-hetero) is 1. The van der Waals surface area contributed by atoms with Gasteiger partial charge in [-0.1, -0.05) is 31.5 Å². The standard InChI is InChI=1S/C23H26ClFN2O3/c1-13-18(22(29)27-7-9-30-10-8-27)21(19-14(24)5-4-6-15(19)25)20-16(26-13)11-23(2,3)12-17(20)28/h4-6,21,26H,7-12H2,1-3H3/t21-/m1/s1. The van der Waals surface area contributed by atoms with Crippen molar-refractivity contribution in [2.75, 3.05) is 26.3 Å². The van der Waals surface area contributed by atoms with E-state index in [9.17, 15) is 9.59 Å². The van der Waals surface area contributed by atoms with Gasteiger partial charge in [0.25, 0.3) is 5.91 Å². The average molecular weight is 433 g/mol. The third-order valence-electron chi connectivity index (χ3n) is 6.06. The number of rotatable bonds is 2. The lowest BCUT2D eigenvalue weighted by atomic mass is 9.68. The number of hydrogen-bond donors (Lipinski definition) is 1. The van der Waals surface area contributed by atoms with Gasteiger partial charge in [0, 0.05) is 52.6 Å². The summed E-state index contributed by atoms with van der Waals surface area (Å²) in [4.78, 5) is 28.5. The van der Waals surface area contributed by atoms with E-state index in [1.54, 1.807) is 11.0 Å². The molecule has 7 heteroatoms. The van der Waals surface area contributed by atoms with Crippen molar-refractivity contribution in [3.8, 4) is 0 Å². The van der Waals surface area contributed by atoms with Gasteiger partial charge in [-0.3, -0.25) is 9.59 Å². The second-order valence-corrected chi connectivity index (χ2v) is 9.38. The first-order valence-electron chi connectivity index (χ1n) is 10.2. The predicted octanol–water partition coefficient (Wildman–Crippen LogP) is 3.94. The normalized spacial score (nSPS) is 24.0. The Morgan fingerprint density at radius 1 is 1.27 bits per heavy atom. The maximum atomic E-state index is 15.1. The highest BCUT2D eigenvalue weighted by Crippen LogP contribution is 2.48. The highest BCUT2D eigenvalue weighted by atomic mass is 35.5. The van der Waals surface area contributed by atoms with Crippen LogP contribution in [-0.4, -0.2) is 42.9 Å². The van der Waals surface area contributed by atoms with Gasteiger partial charge in [0.2, 0.25) is 0 Å². The first kappa shape index (κ1) is 21.1. The Balaban J connectivity index is 1.89. The van der Waals surface area contributed by atoms with Gasteiger partial charge >= 0.3 is 0 Å². The van der Waals surface area contributed by atoms with Gasteiger partial charge in [-0.15, -0.1) is 0 Å². The largest absolute Gasteiger partial charge is 0.378 e. The first-order valence-corrected chi connectivity index (χ1v) is 10.6. The van der Waals surface area contributed by atoms with Crippen molar-refractivity contribution in [3.05, 3.63) is 57.1 Å². The van der Waals surface area contributed by atoms with Crippen molar-refractivity contribution < 1.29 is 18.7 Å². The number of allylic oxidation sites excluding steroid dienone is 3. The molecule has 160 valence electrons. The van der Waals surface area contributed by atoms with Gasteiger partial charge in [0.15, 0.2) is 5.78 Å². The number of morpholine rings is 1. The average Bonchev–Trinajstić information content (AvgIpc) is 2.66. The number of carbonyl (C=O) groups excluding carboxylic acids is 2. The quantitative estimate of drug-likeness (QED) is 0.769. The fourth-order valence-corrected chi connectivity index (χ4v) is 5.00. The van der Waals surface area contributed by atoms with E-state index in [0.29, 0.717) is 56.0 Å². The zero-order chi connectivity index (χ0) is 21.6. The Labute approximate surface area is 180 Å². The van der Waals surface area contributed by atoms with Gasteiger partial charge in [-0.2, -0.15) is 0 Å². The molecule has 1 aliphatic carbocycles. The summed E-state index contributed by atoms with van der Waals surface area (Å²) in [5.74, 6) is -1.62. The van der Waals surface area contributed by atoms with Crippen LogP contribution < -0.4 is 5.32 Å². The minimum absolute atomic E-state index is 0.0714. The van der Waals surface area contributed by atoms with E-state index < -0.39 is 11.7 Å². The summed E-state index contributed by atoms with van der Waals surface area (Å²) in [6.45, 7) is 7.71. The third-order valence-corrected chi connectivity index (χ3v) is 6.39. The molecule has 2 heterocycles. The Kier molecular flexibility index (Phi) is 5.49. The minimum atomic E-state index is -0.825. The van der Waals surface area contributed by atoms with Crippen molar-refractivity contribution in [3.63, 3.8) is 0 Å². The summed E-state index contributed by atoms with van der Waals surface area (Å²) in [6, 6.07) is 4.46. The molecule has 1 aromatic carbocycles. The maximum absolute atomic E-state index is 15.1. The van der Waals surface area contributed by atoms with Crippen LogP contribution in [-0.2, 0) is 14.3 Å². The number of nitrogens with one attached hydrogen (secondary N) is 1. The SMILES string of the molecule is CC1=C(C(=O)N2CCOCC2)[C@H](c2c(F)cccc2Cl)C2=C(CC(C)(C)CC2=O)N1. The summed E-state index contributed by atoms with van der Waals surface area (Å²) in [6.07, 6.45) is 0.987. The van der Waals surface area contributed by atoms with E-state index in [0.717, 1.165) is 5.70 Å². The Bertz CT molecular complexity index is 956. The summed E-state index contributed by atoms with van der Waals surface area (Å²) >= 11 is 6.44. The van der Waals surface area contributed by atoms with E-state index in [1.165, 1.54) is 12.1 Å². The van der Waals surface area contributed by atoms with Crippen LogP contribution in [0.15, 0.2) is 40.7 Å². The predicted molar refractivity (Wildman–Crippen MR) is 112 cm³/mol. The number of ketones is 1. The highest BCUT2D eigenvalue weighted by molar-refractivity contribution is 6.31. The molecule has 5 nitrogen and oxygen atoms in total. The number of ether oxygens (including phenoxy) is 1. The molecule has 1 amide bonds. The lowest BCUT2D eigenvalue weighted by molar-refractivity contribution is -0.131. The Morgan fingerprint density at radius 2 is 1.97 bits per heavy atom. The molecule has 0 spiro atoms. The van der Waals surface area contributed by atoms with Gasteiger partial charge in [0.05, 0.1) is 19.1 Å². The zero-order valence-corrected chi connectivity index (χ0v) is 18.2. The van der Waals surface area contributed by atoms with Gasteiger partial charge in [0.1, 0.15) is 5.82 Å². The van der Waals surface area contributed by atoms with Crippen molar-refractivity contribution in [2.45, 2.75) is 39.5 Å². The number of hydrogen-bond acceptors (Lipinski definition) is 4. The summed E-state index contributed by atoms with van der Waals surface area (Å²) in [5, 5.41) is 3.52. The van der Waals surface area contributed by atoms with Crippen LogP contribution in [0.5, 0.6) is 0 Å². The minimum Gasteiger partial charge on any atom is -0.378 e. The molecule has 1 N–H and O–H groups in total. The fraction of sp³-hybridized carbons (Fsp3) is 0.478. The number of dihydropyridines is 1. The molecule has 0 bridgehead atoms. The van der Waals surface area contributed by atoms with Crippen LogP contribution >= 0.6 is 11.6 Å². The molecule has 1 saturated heterocycles. The third kappa shape index (κ3) is 3.67. The van der Waals surface area contributed by atoms with Crippen molar-refractivity contribution in [2.24, 2.45) is 5.41 Å². The molecule has 30 heavy (non-hydrogen) atoms. The lowest BCUT2D eigenvalue weighted by Crippen LogP contribution is -2.45. The van der Waals surface area contributed by atoms with Crippen LogP contribution in [0.4, 0.5) is 4.39 Å². The van der Waals surface area contributed by atoms with Crippen LogP contribution in [0.3, 0.4) is 0 Å². The van der Waals surface area contributed by atoms with Crippen molar-refractivity contribution in [1.82, 2.24) is 10.2 Å². The van der Waals surface area contributed by atoms with Crippen LogP contribution in [0, 0.1) is 11.2 Å². The Morgan fingerprint density at radius 3 is 2.63 bits per heavy atom. The number of benzene rings is 1. The van der Waals surface area contributed by atoms with Gasteiger partial charge in [-0.05, 0) is 30.9 Å².